The van der Waals surface area contributed by atoms with Gasteiger partial charge < -0.3 is 41.3 Å². The van der Waals surface area contributed by atoms with E-state index in [1.807, 2.05) is 24.3 Å². The predicted octanol–water partition coefficient (Wildman–Crippen LogP) is 17.0. The summed E-state index contributed by atoms with van der Waals surface area (Å²) in [4.78, 5) is 4.71. The maximum Gasteiger partial charge on any atom is 0.290 e. The van der Waals surface area contributed by atoms with Gasteiger partial charge in [0.2, 0.25) is 0 Å². The molecule has 0 N–H and O–H groups in total. The Morgan fingerprint density at radius 3 is 0.929 bits per heavy atom. The number of aryl methyl sites for hydroxylation is 2. The first-order valence-electron chi connectivity index (χ1n) is 39.2. The van der Waals surface area contributed by atoms with Crippen molar-refractivity contribution in [3.63, 3.8) is 0 Å². The molecule has 0 fully saturated rings. The van der Waals surface area contributed by atoms with E-state index in [2.05, 4.69) is 350 Å². The molecule has 0 atom stereocenters. The fourth-order valence-corrected chi connectivity index (χ4v) is 19.9. The Hall–Kier alpha value is -13.5. The highest BCUT2D eigenvalue weighted by Crippen LogP contribution is 2.53. The van der Waals surface area contributed by atoms with Gasteiger partial charge in [-0.1, -0.05) is 254 Å². The Kier molecular flexibility index (Phi) is 14.3. The van der Waals surface area contributed by atoms with E-state index in [0.29, 0.717) is 0 Å². The number of aromatic nitrogens is 2. The minimum atomic E-state index is -0.179. The van der Waals surface area contributed by atoms with Crippen LogP contribution in [0.4, 0.5) is 34.1 Å². The maximum absolute atomic E-state index is 7.07. The lowest BCUT2D eigenvalue weighted by atomic mass is 9.24. The van der Waals surface area contributed by atoms with Gasteiger partial charge in [0.05, 0.1) is 45.4 Å². The SMILES string of the molecule is CCn1c2ccccc2c2ccc(B3c4oc5ccccc5c4B(c4ccc(N5c6ccccc6C(C)(C)c6ccccc65)cc4)c4oc5ccccc5c43)cc21.CCn1c2ccccc2c2ccc(B3c4oc5ccccc5c4B(c4ccc(N5c6ccccc6Oc6ccccc65)cc4)c4oc5ccccc5c43)cc21. The topological polar surface area (TPSA) is 78.1 Å². The van der Waals surface area contributed by atoms with Crippen LogP contribution in [0.1, 0.15) is 38.8 Å². The minimum Gasteiger partial charge on any atom is -0.471 e. The normalized spacial score (nSPS) is 13.8. The van der Waals surface area contributed by atoms with Gasteiger partial charge in [-0.25, -0.2) is 0 Å². The number of benzene rings is 14. The zero-order valence-corrected chi connectivity index (χ0v) is 62.2. The van der Waals surface area contributed by atoms with E-state index in [9.17, 15) is 0 Å². The van der Waals surface area contributed by atoms with Crippen LogP contribution < -0.4 is 80.9 Å². The summed E-state index contributed by atoms with van der Waals surface area (Å²) in [6, 6.07) is 118. The molecule has 4 aliphatic heterocycles. The van der Waals surface area contributed by atoms with Crippen LogP contribution in [-0.4, -0.2) is 36.0 Å². The molecule has 6 aromatic heterocycles. The Morgan fingerprint density at radius 2 is 0.554 bits per heavy atom. The molecule has 10 heterocycles. The number of rotatable bonds is 8. The third-order valence-corrected chi connectivity index (χ3v) is 24.8. The molecule has 13 heteroatoms. The average molecular weight is 1440 g/mol. The van der Waals surface area contributed by atoms with Crippen molar-refractivity contribution in [2.45, 2.75) is 46.2 Å². The van der Waals surface area contributed by atoms with E-state index in [1.165, 1.54) is 98.9 Å². The lowest BCUT2D eigenvalue weighted by molar-refractivity contribution is 0.477. The van der Waals surface area contributed by atoms with E-state index < -0.39 is 0 Å². The van der Waals surface area contributed by atoms with Crippen LogP contribution in [0.15, 0.2) is 345 Å². The quantitative estimate of drug-likeness (QED) is 0.140. The van der Waals surface area contributed by atoms with Crippen molar-refractivity contribution in [2.24, 2.45) is 0 Å². The van der Waals surface area contributed by atoms with Crippen molar-refractivity contribution >= 4 is 215 Å². The Balaban J connectivity index is 0.000000134. The molecule has 0 saturated carbocycles. The van der Waals surface area contributed by atoms with Crippen molar-refractivity contribution in [3.8, 4) is 11.5 Å². The van der Waals surface area contributed by atoms with Crippen LogP contribution in [0.25, 0.3) is 87.5 Å². The van der Waals surface area contributed by atoms with Crippen LogP contribution in [0.5, 0.6) is 11.5 Å². The first-order valence-corrected chi connectivity index (χ1v) is 39.2. The number of hydrogen-bond donors (Lipinski definition) is 0. The van der Waals surface area contributed by atoms with Gasteiger partial charge in [0.25, 0.3) is 26.9 Å². The van der Waals surface area contributed by atoms with Gasteiger partial charge in [-0.2, -0.15) is 0 Å². The summed E-state index contributed by atoms with van der Waals surface area (Å²) in [6.45, 7) is 10.2. The Bertz CT molecular complexity index is 7150. The molecule has 0 radical (unpaired) electrons. The number of fused-ring (bicyclic) bond motifs is 22. The van der Waals surface area contributed by atoms with Crippen LogP contribution in [0.2, 0.25) is 0 Å². The second-order valence-corrected chi connectivity index (χ2v) is 30.9. The highest BCUT2D eigenvalue weighted by molar-refractivity contribution is 7.13. The number of hydrogen-bond acceptors (Lipinski definition) is 7. The minimum absolute atomic E-state index is 0.115. The van der Waals surface area contributed by atoms with Gasteiger partial charge in [-0.05, 0) is 156 Å². The van der Waals surface area contributed by atoms with Crippen molar-refractivity contribution < 1.29 is 22.4 Å². The third-order valence-electron chi connectivity index (χ3n) is 24.8. The lowest BCUT2D eigenvalue weighted by Crippen LogP contribution is -2.73. The number of nitrogens with zero attached hydrogens (tertiary/aromatic N) is 4. The fraction of sp³-hybridized carbons (Fsp3) is 0.0707. The van der Waals surface area contributed by atoms with Crippen molar-refractivity contribution in [3.05, 3.63) is 339 Å². The Labute approximate surface area is 648 Å². The molecule has 24 rings (SSSR count). The second kappa shape index (κ2) is 24.8. The smallest absolute Gasteiger partial charge is 0.290 e. The van der Waals surface area contributed by atoms with Crippen LogP contribution >= 0.6 is 0 Å². The molecular formula is C99H70B4N4O5. The summed E-state index contributed by atoms with van der Waals surface area (Å²) in [5.41, 5.74) is 31.1. The van der Waals surface area contributed by atoms with E-state index in [-0.39, 0.29) is 32.3 Å². The molecule has 4 aliphatic rings. The standard InChI is InChI=1S/C51H38B2N2O2.C48H32B2N2O3/c1-4-54-41-20-10-5-15-35(41)36-30-27-33(31-44(36)54)53-48-38-17-7-14-24-46(38)56-49(48)52(47-37-16-6-13-23-45(37)57-50(47)53)32-25-28-34(29-26-32)55-42-21-11-8-18-39(42)51(2,3)40-19-9-12-22-43(40)55;1-2-51-37-16-6-3-13-33(37)34-28-25-31(29-40(34)51)50-46-36-15-5-10-20-42(36)54-47(46)49(45-35-14-4-9-19-41(35)55-48(45)50)30-23-26-32(27-24-30)52-38-17-7-11-21-43(38)53-44-22-12-8-18-39(44)52/h5-31H,4H2,1-3H3;3-29H,2H2,1H3. The predicted molar refractivity (Wildman–Crippen MR) is 468 cm³/mol. The van der Waals surface area contributed by atoms with Gasteiger partial charge in [-0.3, -0.25) is 0 Å². The van der Waals surface area contributed by atoms with Crippen LogP contribution in [0, 0.1) is 0 Å². The zero-order chi connectivity index (χ0) is 74.2. The lowest BCUT2D eigenvalue weighted by Gasteiger charge is -2.42. The molecule has 14 aromatic carbocycles. The highest BCUT2D eigenvalue weighted by atomic mass is 16.5. The first kappa shape index (κ1) is 64.5. The third kappa shape index (κ3) is 9.37. The van der Waals surface area contributed by atoms with Gasteiger partial charge >= 0.3 is 0 Å². The maximum atomic E-state index is 7.07. The molecule has 9 nitrogen and oxygen atoms in total. The first-order chi connectivity index (χ1) is 55.3. The van der Waals surface area contributed by atoms with Gasteiger partial charge in [-0.15, -0.1) is 0 Å². The summed E-state index contributed by atoms with van der Waals surface area (Å²) in [5, 5.41) is 9.59. The van der Waals surface area contributed by atoms with E-state index in [0.717, 1.165) is 125 Å². The number of para-hydroxylation sites is 12. The molecule has 0 aliphatic carbocycles. The van der Waals surface area contributed by atoms with Gasteiger partial charge in [0.15, 0.2) is 11.5 Å². The molecule has 20 aromatic rings. The molecule has 112 heavy (non-hydrogen) atoms. The van der Waals surface area contributed by atoms with Crippen LogP contribution in [-0.2, 0) is 18.5 Å². The summed E-state index contributed by atoms with van der Waals surface area (Å²) in [7, 11) is 0. The number of furan rings is 4. The van der Waals surface area contributed by atoms with E-state index in [4.69, 9.17) is 22.4 Å². The fourth-order valence-electron chi connectivity index (χ4n) is 19.9. The molecule has 528 valence electrons. The van der Waals surface area contributed by atoms with Gasteiger partial charge in [0.1, 0.15) is 22.3 Å². The summed E-state index contributed by atoms with van der Waals surface area (Å²) in [6.07, 6.45) is 0. The largest absolute Gasteiger partial charge is 0.471 e. The Morgan fingerprint density at radius 1 is 0.268 bits per heavy atom. The molecule has 0 spiro atoms. The molecule has 0 amide bonds. The summed E-state index contributed by atoms with van der Waals surface area (Å²) < 4.78 is 39.4. The van der Waals surface area contributed by atoms with Crippen molar-refractivity contribution in [1.82, 2.24) is 9.13 Å². The monoisotopic (exact) mass is 1440 g/mol. The average Bonchev–Trinajstić information content (AvgIpc) is 1.54. The van der Waals surface area contributed by atoms with E-state index >= 15 is 0 Å². The van der Waals surface area contributed by atoms with Gasteiger partial charge in [0, 0.05) is 95.0 Å². The van der Waals surface area contributed by atoms with Crippen molar-refractivity contribution in [2.75, 3.05) is 9.80 Å². The molecule has 0 unspecified atom stereocenters. The summed E-state index contributed by atoms with van der Waals surface area (Å²) >= 11 is 0. The zero-order valence-electron chi connectivity index (χ0n) is 62.2. The summed E-state index contributed by atoms with van der Waals surface area (Å²) in [5.74, 6) is 1.67. The molecular weight excluding hydrogens is 1370 g/mol. The highest BCUT2D eigenvalue weighted by Gasteiger charge is 2.49. The second-order valence-electron chi connectivity index (χ2n) is 30.9. The molecule has 0 bridgehead atoms. The van der Waals surface area contributed by atoms with Crippen LogP contribution in [0.3, 0.4) is 0 Å². The van der Waals surface area contributed by atoms with Crippen molar-refractivity contribution in [1.29, 1.82) is 0 Å². The number of ether oxygens (including phenoxy) is 1. The van der Waals surface area contributed by atoms with E-state index in [1.54, 1.807) is 0 Å². The number of anilines is 6. The molecule has 0 saturated heterocycles.